The van der Waals surface area contributed by atoms with E-state index >= 15 is 0 Å². The number of hydrogen-bond donors (Lipinski definition) is 3. The third-order valence-electron chi connectivity index (χ3n) is 4.55. The average Bonchev–Trinajstić information content (AvgIpc) is 2.72. The summed E-state index contributed by atoms with van der Waals surface area (Å²) in [5.74, 6) is 3.91. The van der Waals surface area contributed by atoms with Gasteiger partial charge in [0, 0.05) is 17.5 Å². The Morgan fingerprint density at radius 3 is 2.29 bits per heavy atom. The zero-order chi connectivity index (χ0) is 23.5. The minimum atomic E-state index is -3.45. The van der Waals surface area contributed by atoms with Crippen molar-refractivity contribution in [3.63, 3.8) is 0 Å². The van der Waals surface area contributed by atoms with Crippen molar-refractivity contribution in [2.45, 2.75) is 30.9 Å². The summed E-state index contributed by atoms with van der Waals surface area (Å²) < 4.78 is 23.1. The van der Waals surface area contributed by atoms with Gasteiger partial charge in [0.1, 0.15) is 12.1 Å². The molecule has 0 fully saturated rings. The molecule has 0 saturated heterocycles. The van der Waals surface area contributed by atoms with Gasteiger partial charge in [-0.05, 0) is 55.8 Å². The first-order valence-corrected chi connectivity index (χ1v) is 11.2. The normalized spacial score (nSPS) is 13.1. The molecule has 0 unspecified atom stereocenters. The van der Waals surface area contributed by atoms with E-state index in [9.17, 15) is 23.1 Å². The van der Waals surface area contributed by atoms with Crippen LogP contribution >= 0.6 is 11.6 Å². The minimum absolute atomic E-state index is 0.00908. The maximum absolute atomic E-state index is 12.8. The molecule has 0 aliphatic rings. The fraction of sp³-hybridized carbons (Fsp3) is 0.250. The molecule has 4 N–H and O–H groups in total. The predicted octanol–water partition coefficient (Wildman–Crippen LogP) is 1.63. The average molecular weight is 465 g/mol. The van der Waals surface area contributed by atoms with Crippen molar-refractivity contribution in [1.29, 1.82) is 5.26 Å². The highest BCUT2D eigenvalue weighted by molar-refractivity contribution is 7.90. The van der Waals surface area contributed by atoms with Gasteiger partial charge in [-0.3, -0.25) is 9.59 Å². The van der Waals surface area contributed by atoms with E-state index in [1.165, 1.54) is 43.3 Å². The van der Waals surface area contributed by atoms with E-state index in [2.05, 4.69) is 5.32 Å². The fourth-order valence-electron chi connectivity index (χ4n) is 2.72. The van der Waals surface area contributed by atoms with Crippen molar-refractivity contribution in [2.75, 3.05) is 11.6 Å². The highest BCUT2D eigenvalue weighted by Gasteiger charge is 2.31. The molecule has 2 aromatic carbocycles. The van der Waals surface area contributed by atoms with Crippen molar-refractivity contribution in [2.24, 2.45) is 5.84 Å². The molecule has 164 valence electrons. The molecule has 0 radical (unpaired) electrons. The molecule has 0 aliphatic heterocycles. The van der Waals surface area contributed by atoms with Gasteiger partial charge < -0.3 is 10.4 Å². The standard InChI is InChI=1S/C20H21ClN4O5S/c1-11-16(9-6-14(10-22)17(11)21)24-18(12(2)26)20(28)25(23)19(27)13-4-7-15(8-5-13)31(3,29)30/h4-9,12,18,24,26H,23H2,1-3H3/t12-,18+/m0/s1. The molecule has 0 saturated carbocycles. The monoisotopic (exact) mass is 464 g/mol. The molecule has 2 amide bonds. The summed E-state index contributed by atoms with van der Waals surface area (Å²) in [5, 5.41) is 22.5. The third-order valence-corrected chi connectivity index (χ3v) is 6.17. The highest BCUT2D eigenvalue weighted by atomic mass is 35.5. The number of halogens is 1. The van der Waals surface area contributed by atoms with E-state index in [1.807, 2.05) is 6.07 Å². The van der Waals surface area contributed by atoms with Gasteiger partial charge in [0.05, 0.1) is 21.6 Å². The van der Waals surface area contributed by atoms with E-state index in [-0.39, 0.29) is 21.0 Å². The first-order chi connectivity index (χ1) is 14.4. The van der Waals surface area contributed by atoms with Crippen LogP contribution in [0.5, 0.6) is 0 Å². The van der Waals surface area contributed by atoms with E-state index in [0.29, 0.717) is 16.3 Å². The molecule has 0 aliphatic carbocycles. The number of benzene rings is 2. The summed E-state index contributed by atoms with van der Waals surface area (Å²) in [7, 11) is -3.45. The largest absolute Gasteiger partial charge is 0.391 e. The number of nitriles is 1. The Morgan fingerprint density at radius 1 is 1.23 bits per heavy atom. The van der Waals surface area contributed by atoms with Gasteiger partial charge in [0.2, 0.25) is 0 Å². The van der Waals surface area contributed by atoms with Crippen molar-refractivity contribution >= 4 is 38.9 Å². The molecular formula is C20H21ClN4O5S. The lowest BCUT2D eigenvalue weighted by molar-refractivity contribution is -0.131. The van der Waals surface area contributed by atoms with Gasteiger partial charge in [0.15, 0.2) is 9.84 Å². The lowest BCUT2D eigenvalue weighted by atomic mass is 10.1. The second-order valence-electron chi connectivity index (χ2n) is 6.88. The number of anilines is 1. The number of rotatable bonds is 6. The number of hydrazine groups is 1. The van der Waals surface area contributed by atoms with Gasteiger partial charge in [-0.2, -0.15) is 5.26 Å². The number of sulfone groups is 1. The zero-order valence-electron chi connectivity index (χ0n) is 17.0. The number of nitrogens with two attached hydrogens (primary N) is 1. The van der Waals surface area contributed by atoms with Crippen molar-refractivity contribution in [3.05, 3.63) is 58.1 Å². The lowest BCUT2D eigenvalue weighted by Crippen LogP contribution is -2.53. The molecule has 2 atom stereocenters. The summed E-state index contributed by atoms with van der Waals surface area (Å²) in [4.78, 5) is 25.4. The molecule has 0 aromatic heterocycles. The molecule has 11 heteroatoms. The Morgan fingerprint density at radius 2 is 1.81 bits per heavy atom. The van der Waals surface area contributed by atoms with E-state index < -0.39 is 33.8 Å². The topological polar surface area (TPSA) is 154 Å². The van der Waals surface area contributed by atoms with Crippen LogP contribution in [0.25, 0.3) is 0 Å². The molecule has 31 heavy (non-hydrogen) atoms. The van der Waals surface area contributed by atoms with Crippen molar-refractivity contribution in [1.82, 2.24) is 5.01 Å². The molecule has 2 aromatic rings. The molecule has 0 heterocycles. The second-order valence-corrected chi connectivity index (χ2v) is 9.28. The number of hydrogen-bond acceptors (Lipinski definition) is 8. The minimum Gasteiger partial charge on any atom is -0.391 e. The first-order valence-electron chi connectivity index (χ1n) is 8.95. The lowest BCUT2D eigenvalue weighted by Gasteiger charge is -2.26. The van der Waals surface area contributed by atoms with Crippen LogP contribution in [0, 0.1) is 18.3 Å². The quantitative estimate of drug-likeness (QED) is 0.331. The van der Waals surface area contributed by atoms with E-state index in [4.69, 9.17) is 22.7 Å². The van der Waals surface area contributed by atoms with Crippen LogP contribution < -0.4 is 11.2 Å². The highest BCUT2D eigenvalue weighted by Crippen LogP contribution is 2.28. The first kappa shape index (κ1) is 24.3. The fourth-order valence-corrected chi connectivity index (χ4v) is 3.56. The predicted molar refractivity (Wildman–Crippen MR) is 115 cm³/mol. The number of amides is 2. The Labute approximate surface area is 184 Å². The maximum atomic E-state index is 12.8. The number of aliphatic hydroxyl groups excluding tert-OH is 1. The molecule has 0 spiro atoms. The zero-order valence-corrected chi connectivity index (χ0v) is 18.5. The number of imide groups is 1. The summed E-state index contributed by atoms with van der Waals surface area (Å²) in [6, 6.07) is 8.55. The van der Waals surface area contributed by atoms with E-state index in [1.54, 1.807) is 6.92 Å². The van der Waals surface area contributed by atoms with Gasteiger partial charge in [0.25, 0.3) is 11.8 Å². The second kappa shape index (κ2) is 9.45. The Balaban J connectivity index is 2.28. The smallest absolute Gasteiger partial charge is 0.274 e. The summed E-state index contributed by atoms with van der Waals surface area (Å²) >= 11 is 6.14. The number of nitrogens with one attached hydrogen (secondary N) is 1. The summed E-state index contributed by atoms with van der Waals surface area (Å²) in [6.07, 6.45) is -0.216. The Kier molecular flexibility index (Phi) is 7.41. The van der Waals surface area contributed by atoms with Crippen LogP contribution in [-0.4, -0.2) is 48.7 Å². The van der Waals surface area contributed by atoms with E-state index in [0.717, 1.165) is 6.26 Å². The van der Waals surface area contributed by atoms with Gasteiger partial charge >= 0.3 is 0 Å². The van der Waals surface area contributed by atoms with Crippen LogP contribution in [0.4, 0.5) is 5.69 Å². The molecular weight excluding hydrogens is 444 g/mol. The van der Waals surface area contributed by atoms with Crippen LogP contribution in [0.15, 0.2) is 41.3 Å². The van der Waals surface area contributed by atoms with Gasteiger partial charge in [-0.25, -0.2) is 19.3 Å². The number of aliphatic hydroxyl groups is 1. The van der Waals surface area contributed by atoms with Gasteiger partial charge in [-0.15, -0.1) is 0 Å². The summed E-state index contributed by atoms with van der Waals surface area (Å²) in [5.41, 5.74) is 1.09. The van der Waals surface area contributed by atoms with Crippen molar-refractivity contribution in [3.8, 4) is 6.07 Å². The molecule has 9 nitrogen and oxygen atoms in total. The molecule has 0 bridgehead atoms. The Bertz CT molecular complexity index is 1160. The number of carbonyl (C=O) groups is 2. The third kappa shape index (κ3) is 5.39. The number of carbonyl (C=O) groups excluding carboxylic acids is 2. The van der Waals surface area contributed by atoms with Crippen LogP contribution in [0.3, 0.4) is 0 Å². The Hall–Kier alpha value is -2.97. The molecule has 2 rings (SSSR count). The van der Waals surface area contributed by atoms with Gasteiger partial charge in [-0.1, -0.05) is 11.6 Å². The maximum Gasteiger partial charge on any atom is 0.274 e. The van der Waals surface area contributed by atoms with Crippen LogP contribution in [0.1, 0.15) is 28.4 Å². The van der Waals surface area contributed by atoms with Crippen molar-refractivity contribution < 1.29 is 23.1 Å². The van der Waals surface area contributed by atoms with Crippen LogP contribution in [0.2, 0.25) is 5.02 Å². The van der Waals surface area contributed by atoms with Crippen LogP contribution in [-0.2, 0) is 14.6 Å². The number of nitrogens with zero attached hydrogens (tertiary/aromatic N) is 2. The summed E-state index contributed by atoms with van der Waals surface area (Å²) in [6.45, 7) is 2.97. The SMILES string of the molecule is Cc1c(N[C@@H](C(=O)N(N)C(=O)c2ccc(S(C)(=O)=O)cc2)[C@H](C)O)ccc(C#N)c1Cl.